The standard InChI is InChI=1S/C13H27N3O3/c1-5-7-14-12(18)9-16(4)13(19)10-15(3)8-6-11(2)17/h11,17H,5-10H2,1-4H3,(H,14,18). The van der Waals surface area contributed by atoms with Crippen molar-refractivity contribution < 1.29 is 14.7 Å². The summed E-state index contributed by atoms with van der Waals surface area (Å²) in [6, 6.07) is 0. The van der Waals surface area contributed by atoms with E-state index in [4.69, 9.17) is 0 Å². The lowest BCUT2D eigenvalue weighted by molar-refractivity contribution is -0.135. The van der Waals surface area contributed by atoms with Crippen molar-refractivity contribution in [2.75, 3.05) is 40.3 Å². The molecule has 0 rings (SSSR count). The molecule has 2 N–H and O–H groups in total. The van der Waals surface area contributed by atoms with Crippen LogP contribution in [0.4, 0.5) is 0 Å². The lowest BCUT2D eigenvalue weighted by atomic mass is 10.3. The number of aliphatic hydroxyl groups excluding tert-OH is 1. The molecule has 112 valence electrons. The summed E-state index contributed by atoms with van der Waals surface area (Å²) in [6.45, 7) is 5.33. The van der Waals surface area contributed by atoms with Crippen LogP contribution in [-0.2, 0) is 9.59 Å². The maximum atomic E-state index is 11.8. The van der Waals surface area contributed by atoms with E-state index in [1.807, 2.05) is 18.9 Å². The quantitative estimate of drug-likeness (QED) is 0.603. The van der Waals surface area contributed by atoms with Gasteiger partial charge in [0.2, 0.25) is 11.8 Å². The van der Waals surface area contributed by atoms with Gasteiger partial charge in [-0.3, -0.25) is 14.5 Å². The molecule has 0 radical (unpaired) electrons. The Labute approximate surface area is 115 Å². The van der Waals surface area contributed by atoms with Crippen molar-refractivity contribution in [3.05, 3.63) is 0 Å². The number of amides is 2. The molecule has 0 aromatic heterocycles. The van der Waals surface area contributed by atoms with Crippen LogP contribution in [-0.4, -0.2) is 73.1 Å². The highest BCUT2D eigenvalue weighted by Crippen LogP contribution is 1.95. The molecule has 2 amide bonds. The highest BCUT2D eigenvalue weighted by Gasteiger charge is 2.14. The molecule has 1 unspecified atom stereocenters. The Morgan fingerprint density at radius 1 is 1.26 bits per heavy atom. The summed E-state index contributed by atoms with van der Waals surface area (Å²) in [4.78, 5) is 26.6. The van der Waals surface area contributed by atoms with Crippen molar-refractivity contribution in [1.29, 1.82) is 0 Å². The second-order valence-electron chi connectivity index (χ2n) is 4.98. The van der Waals surface area contributed by atoms with Crippen LogP contribution in [0.3, 0.4) is 0 Å². The van der Waals surface area contributed by atoms with Gasteiger partial charge in [-0.25, -0.2) is 0 Å². The normalized spacial score (nSPS) is 12.3. The Morgan fingerprint density at radius 3 is 2.42 bits per heavy atom. The fourth-order valence-electron chi connectivity index (χ4n) is 1.46. The number of nitrogens with one attached hydrogen (secondary N) is 1. The molecular formula is C13H27N3O3. The van der Waals surface area contributed by atoms with Crippen LogP contribution in [0, 0.1) is 0 Å². The number of aliphatic hydroxyl groups is 1. The van der Waals surface area contributed by atoms with Gasteiger partial charge in [0.15, 0.2) is 0 Å². The van der Waals surface area contributed by atoms with Crippen molar-refractivity contribution >= 4 is 11.8 Å². The second-order valence-corrected chi connectivity index (χ2v) is 4.98. The summed E-state index contributed by atoms with van der Waals surface area (Å²) in [5.41, 5.74) is 0. The molecule has 0 fully saturated rings. The van der Waals surface area contributed by atoms with Gasteiger partial charge >= 0.3 is 0 Å². The van der Waals surface area contributed by atoms with Gasteiger partial charge in [0.1, 0.15) is 0 Å². The van der Waals surface area contributed by atoms with Crippen LogP contribution < -0.4 is 5.32 Å². The molecule has 0 bridgehead atoms. The molecule has 19 heavy (non-hydrogen) atoms. The third-order valence-electron chi connectivity index (χ3n) is 2.71. The molecule has 6 heteroatoms. The third kappa shape index (κ3) is 9.44. The van der Waals surface area contributed by atoms with E-state index >= 15 is 0 Å². The zero-order valence-electron chi connectivity index (χ0n) is 12.5. The summed E-state index contributed by atoms with van der Waals surface area (Å²) < 4.78 is 0. The predicted octanol–water partition coefficient (Wildman–Crippen LogP) is -0.326. The summed E-state index contributed by atoms with van der Waals surface area (Å²) >= 11 is 0. The third-order valence-corrected chi connectivity index (χ3v) is 2.71. The number of likely N-dealkylation sites (N-methyl/N-ethyl adjacent to an activating group) is 2. The van der Waals surface area contributed by atoms with E-state index in [9.17, 15) is 14.7 Å². The Kier molecular flexibility index (Phi) is 9.16. The minimum atomic E-state index is -0.366. The number of nitrogens with zero attached hydrogens (tertiary/aromatic N) is 2. The van der Waals surface area contributed by atoms with Gasteiger partial charge < -0.3 is 15.3 Å². The fourth-order valence-corrected chi connectivity index (χ4v) is 1.46. The lowest BCUT2D eigenvalue weighted by Gasteiger charge is -2.21. The van der Waals surface area contributed by atoms with E-state index in [1.165, 1.54) is 4.90 Å². The largest absolute Gasteiger partial charge is 0.393 e. The van der Waals surface area contributed by atoms with Crippen LogP contribution in [0.2, 0.25) is 0 Å². The zero-order chi connectivity index (χ0) is 14.8. The van der Waals surface area contributed by atoms with Crippen molar-refractivity contribution in [3.63, 3.8) is 0 Å². The molecule has 0 aliphatic carbocycles. The van der Waals surface area contributed by atoms with Gasteiger partial charge in [-0.05, 0) is 26.8 Å². The van der Waals surface area contributed by atoms with Gasteiger partial charge in [-0.15, -0.1) is 0 Å². The molecule has 6 nitrogen and oxygen atoms in total. The number of hydrogen-bond acceptors (Lipinski definition) is 4. The van der Waals surface area contributed by atoms with Crippen LogP contribution >= 0.6 is 0 Å². The van der Waals surface area contributed by atoms with Gasteiger partial charge in [0.25, 0.3) is 0 Å². The Morgan fingerprint density at radius 2 is 1.89 bits per heavy atom. The molecule has 0 aromatic rings. The van der Waals surface area contributed by atoms with Gasteiger partial charge in [0.05, 0.1) is 19.2 Å². The van der Waals surface area contributed by atoms with Crippen molar-refractivity contribution in [2.24, 2.45) is 0 Å². The van der Waals surface area contributed by atoms with E-state index in [0.717, 1.165) is 6.42 Å². The number of carbonyl (C=O) groups is 2. The van der Waals surface area contributed by atoms with Crippen molar-refractivity contribution in [2.45, 2.75) is 32.8 Å². The Balaban J connectivity index is 3.95. The summed E-state index contributed by atoms with van der Waals surface area (Å²) in [5, 5.41) is 11.9. The molecule has 0 saturated carbocycles. The summed E-state index contributed by atoms with van der Waals surface area (Å²) in [5.74, 6) is -0.232. The van der Waals surface area contributed by atoms with E-state index in [-0.39, 0.29) is 31.0 Å². The number of carbonyl (C=O) groups excluding carboxylic acids is 2. The van der Waals surface area contributed by atoms with Gasteiger partial charge in [-0.1, -0.05) is 6.92 Å². The Hall–Kier alpha value is -1.14. The molecule has 0 spiro atoms. The molecule has 0 aromatic carbocycles. The second kappa shape index (κ2) is 9.75. The molecule has 0 saturated heterocycles. The van der Waals surface area contributed by atoms with Crippen LogP contribution in [0.1, 0.15) is 26.7 Å². The van der Waals surface area contributed by atoms with Crippen molar-refractivity contribution in [3.8, 4) is 0 Å². The fraction of sp³-hybridized carbons (Fsp3) is 0.846. The highest BCUT2D eigenvalue weighted by atomic mass is 16.3. The van der Waals surface area contributed by atoms with E-state index in [2.05, 4.69) is 5.32 Å². The first kappa shape index (κ1) is 17.9. The average Bonchev–Trinajstić information content (AvgIpc) is 2.33. The SMILES string of the molecule is CCCNC(=O)CN(C)C(=O)CN(C)CCC(C)O. The monoisotopic (exact) mass is 273 g/mol. The molecule has 0 aliphatic heterocycles. The van der Waals surface area contributed by atoms with Crippen LogP contribution in [0.25, 0.3) is 0 Å². The number of rotatable bonds is 9. The molecule has 1 atom stereocenters. The first-order valence-electron chi connectivity index (χ1n) is 6.74. The molecule has 0 heterocycles. The maximum Gasteiger partial charge on any atom is 0.239 e. The first-order valence-corrected chi connectivity index (χ1v) is 6.74. The average molecular weight is 273 g/mol. The first-order chi connectivity index (χ1) is 8.86. The lowest BCUT2D eigenvalue weighted by Crippen LogP contribution is -2.42. The summed E-state index contributed by atoms with van der Waals surface area (Å²) in [7, 11) is 3.45. The van der Waals surface area contributed by atoms with Crippen LogP contribution in [0.5, 0.6) is 0 Å². The van der Waals surface area contributed by atoms with Gasteiger partial charge in [0, 0.05) is 20.1 Å². The minimum Gasteiger partial charge on any atom is -0.393 e. The predicted molar refractivity (Wildman–Crippen MR) is 74.7 cm³/mol. The zero-order valence-corrected chi connectivity index (χ0v) is 12.5. The molecular weight excluding hydrogens is 246 g/mol. The van der Waals surface area contributed by atoms with E-state index in [1.54, 1.807) is 14.0 Å². The van der Waals surface area contributed by atoms with Crippen LogP contribution in [0.15, 0.2) is 0 Å². The maximum absolute atomic E-state index is 11.8. The highest BCUT2D eigenvalue weighted by molar-refractivity contribution is 5.85. The van der Waals surface area contributed by atoms with E-state index in [0.29, 0.717) is 19.5 Å². The topological polar surface area (TPSA) is 72.9 Å². The van der Waals surface area contributed by atoms with E-state index < -0.39 is 0 Å². The Bertz CT molecular complexity index is 282. The molecule has 0 aliphatic rings. The van der Waals surface area contributed by atoms with Crippen molar-refractivity contribution in [1.82, 2.24) is 15.1 Å². The minimum absolute atomic E-state index is 0.0864. The summed E-state index contributed by atoms with van der Waals surface area (Å²) in [6.07, 6.45) is 1.14. The smallest absolute Gasteiger partial charge is 0.239 e. The van der Waals surface area contributed by atoms with Gasteiger partial charge in [-0.2, -0.15) is 0 Å². The number of hydrogen-bond donors (Lipinski definition) is 2.